The first kappa shape index (κ1) is 10.9. The van der Waals surface area contributed by atoms with E-state index in [1.165, 1.54) is 0 Å². The summed E-state index contributed by atoms with van der Waals surface area (Å²) in [7, 11) is 0. The minimum Gasteiger partial charge on any atom is -0.481 e. The first-order valence-corrected chi connectivity index (χ1v) is 5.63. The molecule has 1 atom stereocenters. The molecule has 86 valence electrons. The van der Waals surface area contributed by atoms with E-state index in [4.69, 9.17) is 4.74 Å². The number of ether oxygens (including phenoxy) is 1. The third kappa shape index (κ3) is 1.57. The second-order valence-electron chi connectivity index (χ2n) is 6.18. The molecule has 3 heteroatoms. The Kier molecular flexibility index (Phi) is 2.01. The van der Waals surface area contributed by atoms with E-state index in [9.17, 15) is 9.90 Å². The molecule has 2 rings (SSSR count). The van der Waals surface area contributed by atoms with E-state index >= 15 is 0 Å². The van der Waals surface area contributed by atoms with Crippen LogP contribution in [-0.4, -0.2) is 22.3 Å². The van der Waals surface area contributed by atoms with Gasteiger partial charge in [-0.25, -0.2) is 0 Å². The smallest absolute Gasteiger partial charge is 0.310 e. The van der Waals surface area contributed by atoms with Crippen LogP contribution in [0.1, 0.15) is 47.0 Å². The molecule has 1 N–H and O–H groups in total. The topological polar surface area (TPSA) is 46.5 Å². The van der Waals surface area contributed by atoms with Gasteiger partial charge in [-0.15, -0.1) is 0 Å². The minimum atomic E-state index is -0.637. The van der Waals surface area contributed by atoms with Crippen LogP contribution < -0.4 is 0 Å². The third-order valence-electron chi connectivity index (χ3n) is 3.96. The van der Waals surface area contributed by atoms with Gasteiger partial charge >= 0.3 is 5.97 Å². The highest BCUT2D eigenvalue weighted by Gasteiger charge is 2.64. The number of aliphatic carboxylic acids is 1. The molecule has 1 unspecified atom stereocenters. The van der Waals surface area contributed by atoms with Gasteiger partial charge in [-0.05, 0) is 47.0 Å². The van der Waals surface area contributed by atoms with Gasteiger partial charge in [0.1, 0.15) is 0 Å². The second kappa shape index (κ2) is 2.76. The van der Waals surface area contributed by atoms with Gasteiger partial charge in [0.05, 0.1) is 16.6 Å². The van der Waals surface area contributed by atoms with Crippen LogP contribution >= 0.6 is 0 Å². The normalized spacial score (nSPS) is 35.1. The molecule has 3 nitrogen and oxygen atoms in total. The first-order chi connectivity index (χ1) is 6.70. The van der Waals surface area contributed by atoms with Crippen LogP contribution in [0.25, 0.3) is 0 Å². The summed E-state index contributed by atoms with van der Waals surface area (Å²) in [6.07, 6.45) is 2.48. The molecule has 0 aromatic carbocycles. The minimum absolute atomic E-state index is 0.150. The highest BCUT2D eigenvalue weighted by atomic mass is 16.5. The standard InChI is InChI=1S/C12H20O3/c1-10(2)7-8(11(3,4)15-10)12(5-6-12)9(13)14/h8H,5-7H2,1-4H3,(H,13,14). The van der Waals surface area contributed by atoms with E-state index in [0.29, 0.717) is 0 Å². The maximum Gasteiger partial charge on any atom is 0.310 e. The first-order valence-electron chi connectivity index (χ1n) is 5.63. The Hall–Kier alpha value is -0.570. The van der Waals surface area contributed by atoms with Crippen molar-refractivity contribution < 1.29 is 14.6 Å². The second-order valence-corrected chi connectivity index (χ2v) is 6.18. The van der Waals surface area contributed by atoms with E-state index in [2.05, 4.69) is 0 Å². The zero-order chi connectivity index (χ0) is 11.5. The third-order valence-corrected chi connectivity index (χ3v) is 3.96. The SMILES string of the molecule is CC1(C)CC(C2(C(=O)O)CC2)C(C)(C)O1. The summed E-state index contributed by atoms with van der Waals surface area (Å²) in [5.41, 5.74) is -0.977. The molecule has 1 saturated carbocycles. The molecule has 15 heavy (non-hydrogen) atoms. The van der Waals surface area contributed by atoms with E-state index in [0.717, 1.165) is 19.3 Å². The summed E-state index contributed by atoms with van der Waals surface area (Å²) in [5.74, 6) is -0.487. The van der Waals surface area contributed by atoms with Gasteiger partial charge in [-0.2, -0.15) is 0 Å². The van der Waals surface area contributed by atoms with E-state index < -0.39 is 11.4 Å². The van der Waals surface area contributed by atoms with Crippen molar-refractivity contribution in [2.75, 3.05) is 0 Å². The molecule has 2 fully saturated rings. The van der Waals surface area contributed by atoms with E-state index in [1.54, 1.807) is 0 Å². The lowest BCUT2D eigenvalue weighted by atomic mass is 9.75. The largest absolute Gasteiger partial charge is 0.481 e. The lowest BCUT2D eigenvalue weighted by Crippen LogP contribution is -2.38. The van der Waals surface area contributed by atoms with E-state index in [-0.39, 0.29) is 17.1 Å². The number of rotatable bonds is 2. The lowest BCUT2D eigenvalue weighted by Gasteiger charge is -2.30. The zero-order valence-electron chi connectivity index (χ0n) is 9.96. The van der Waals surface area contributed by atoms with Crippen LogP contribution in [0.2, 0.25) is 0 Å². The number of hydrogen-bond donors (Lipinski definition) is 1. The van der Waals surface area contributed by atoms with Crippen molar-refractivity contribution in [2.24, 2.45) is 11.3 Å². The summed E-state index contributed by atoms with van der Waals surface area (Å²) < 4.78 is 5.96. The predicted octanol–water partition coefficient (Wildman–Crippen LogP) is 2.44. The van der Waals surface area contributed by atoms with Crippen molar-refractivity contribution in [1.29, 1.82) is 0 Å². The molecule has 0 amide bonds. The van der Waals surface area contributed by atoms with Gasteiger partial charge in [-0.1, -0.05) is 0 Å². The Morgan fingerprint density at radius 1 is 1.27 bits per heavy atom. The molecular formula is C12H20O3. The fourth-order valence-electron chi connectivity index (χ4n) is 3.27. The van der Waals surface area contributed by atoms with Crippen molar-refractivity contribution in [2.45, 2.75) is 58.2 Å². The highest BCUT2D eigenvalue weighted by Crippen LogP contribution is 2.61. The quantitative estimate of drug-likeness (QED) is 0.764. The number of carboxylic acid groups (broad SMARTS) is 1. The molecular weight excluding hydrogens is 192 g/mol. The van der Waals surface area contributed by atoms with Crippen LogP contribution in [0.4, 0.5) is 0 Å². The Balaban J connectivity index is 2.27. The number of carboxylic acids is 1. The summed E-state index contributed by atoms with van der Waals surface area (Å²) in [4.78, 5) is 11.3. The zero-order valence-corrected chi connectivity index (χ0v) is 9.96. The highest BCUT2D eigenvalue weighted by molar-refractivity contribution is 5.78. The van der Waals surface area contributed by atoms with Crippen LogP contribution in [-0.2, 0) is 9.53 Å². The fourth-order valence-corrected chi connectivity index (χ4v) is 3.27. The average molecular weight is 212 g/mol. The number of carbonyl (C=O) groups is 1. The maximum absolute atomic E-state index is 11.3. The molecule has 2 aliphatic rings. The van der Waals surface area contributed by atoms with Crippen LogP contribution in [0.3, 0.4) is 0 Å². The Labute approximate surface area is 90.8 Å². The summed E-state index contributed by atoms with van der Waals surface area (Å²) in [5, 5.41) is 9.31. The molecule has 1 heterocycles. The molecule has 0 spiro atoms. The van der Waals surface area contributed by atoms with Crippen molar-refractivity contribution in [3.05, 3.63) is 0 Å². The predicted molar refractivity (Wildman–Crippen MR) is 56.7 cm³/mol. The molecule has 0 aromatic heterocycles. The maximum atomic E-state index is 11.3. The molecule has 0 bridgehead atoms. The molecule has 1 aliphatic heterocycles. The van der Waals surface area contributed by atoms with Crippen LogP contribution in [0, 0.1) is 11.3 Å². The average Bonchev–Trinajstić information content (AvgIpc) is 2.73. The van der Waals surface area contributed by atoms with Gasteiger partial charge in [0.25, 0.3) is 0 Å². The number of hydrogen-bond acceptors (Lipinski definition) is 2. The lowest BCUT2D eigenvalue weighted by molar-refractivity contribution is -0.149. The molecule has 0 radical (unpaired) electrons. The van der Waals surface area contributed by atoms with Gasteiger partial charge in [-0.3, -0.25) is 4.79 Å². The van der Waals surface area contributed by atoms with E-state index in [1.807, 2.05) is 27.7 Å². The monoisotopic (exact) mass is 212 g/mol. The summed E-state index contributed by atoms with van der Waals surface area (Å²) in [6, 6.07) is 0. The van der Waals surface area contributed by atoms with Crippen molar-refractivity contribution >= 4 is 5.97 Å². The van der Waals surface area contributed by atoms with Gasteiger partial charge in [0, 0.05) is 5.92 Å². The Morgan fingerprint density at radius 3 is 2.07 bits per heavy atom. The van der Waals surface area contributed by atoms with Crippen molar-refractivity contribution in [3.63, 3.8) is 0 Å². The summed E-state index contributed by atoms with van der Waals surface area (Å²) >= 11 is 0. The molecule has 0 aromatic rings. The summed E-state index contributed by atoms with van der Waals surface area (Å²) in [6.45, 7) is 8.14. The van der Waals surface area contributed by atoms with Gasteiger partial charge < -0.3 is 9.84 Å². The van der Waals surface area contributed by atoms with Gasteiger partial charge in [0.15, 0.2) is 0 Å². The molecule has 1 saturated heterocycles. The van der Waals surface area contributed by atoms with Crippen molar-refractivity contribution in [3.8, 4) is 0 Å². The van der Waals surface area contributed by atoms with Gasteiger partial charge in [0.2, 0.25) is 0 Å². The Bertz CT molecular complexity index is 300. The fraction of sp³-hybridized carbons (Fsp3) is 0.917. The van der Waals surface area contributed by atoms with Crippen LogP contribution in [0.5, 0.6) is 0 Å². The van der Waals surface area contributed by atoms with Crippen molar-refractivity contribution in [1.82, 2.24) is 0 Å². The Morgan fingerprint density at radius 2 is 1.80 bits per heavy atom. The van der Waals surface area contributed by atoms with Crippen LogP contribution in [0.15, 0.2) is 0 Å². The molecule has 1 aliphatic carbocycles.